The van der Waals surface area contributed by atoms with E-state index in [4.69, 9.17) is 36.6 Å². The molecule has 0 bridgehead atoms. The Morgan fingerprint density at radius 2 is 1.80 bits per heavy atom. The van der Waals surface area contributed by atoms with Gasteiger partial charge in [0.25, 0.3) is 0 Å². The summed E-state index contributed by atoms with van der Waals surface area (Å²) < 4.78 is 12.3. The predicted octanol–water partition coefficient (Wildman–Crippen LogP) is 7.85. The largest absolute Gasteiger partial charge is 0.490 e. The fourth-order valence-electron chi connectivity index (χ4n) is 10.2. The maximum atomic E-state index is 14.0. The molecule has 19 heteroatoms. The minimum absolute atomic E-state index is 0.0524. The minimum Gasteiger partial charge on any atom is -0.490 e. The van der Waals surface area contributed by atoms with E-state index in [1.54, 1.807) is 30.5 Å². The van der Waals surface area contributed by atoms with Crippen LogP contribution in [0.5, 0.6) is 5.75 Å². The number of nitrogens with two attached hydrogens (primary N) is 1. The molecule has 71 heavy (non-hydrogen) atoms. The monoisotopic (exact) mass is 1020 g/mol. The van der Waals surface area contributed by atoms with Crippen LogP contribution in [0.15, 0.2) is 74.8 Å². The number of nitrogens with one attached hydrogen (secondary N) is 2. The Kier molecular flexibility index (Phi) is 15.6. The average Bonchev–Trinajstić information content (AvgIpc) is 4.10. The summed E-state index contributed by atoms with van der Waals surface area (Å²) in [7, 11) is 0. The van der Waals surface area contributed by atoms with Crippen molar-refractivity contribution < 1.29 is 28.8 Å². The number of ether oxygens (including phenoxy) is 1. The van der Waals surface area contributed by atoms with Crippen molar-refractivity contribution in [3.63, 3.8) is 0 Å². The van der Waals surface area contributed by atoms with Crippen LogP contribution in [0, 0.1) is 31.1 Å². The maximum Gasteiger partial charge on any atom is 0.243 e. The van der Waals surface area contributed by atoms with E-state index in [2.05, 4.69) is 32.6 Å². The van der Waals surface area contributed by atoms with Crippen LogP contribution in [0.3, 0.4) is 0 Å². The molecule has 3 aromatic heterocycles. The number of nitrogens with zero attached hydrogens (tertiary/aromatic N) is 7. The van der Waals surface area contributed by atoms with Crippen LogP contribution in [0.4, 0.5) is 11.5 Å². The summed E-state index contributed by atoms with van der Waals surface area (Å²) in [6.07, 6.45) is 7.72. The van der Waals surface area contributed by atoms with Crippen LogP contribution in [-0.4, -0.2) is 116 Å². The number of hydrogen-bond acceptors (Lipinski definition) is 15. The van der Waals surface area contributed by atoms with Crippen molar-refractivity contribution in [2.24, 2.45) is 23.0 Å². The second kappa shape index (κ2) is 21.8. The van der Waals surface area contributed by atoms with Crippen LogP contribution in [0.25, 0.3) is 10.4 Å². The van der Waals surface area contributed by atoms with Crippen LogP contribution < -0.4 is 26.0 Å². The number of piperidine rings is 1. The van der Waals surface area contributed by atoms with Crippen LogP contribution in [0.1, 0.15) is 94.3 Å². The lowest BCUT2D eigenvalue weighted by Crippen LogP contribution is -2.58. The Balaban J connectivity index is 0.774. The van der Waals surface area contributed by atoms with Gasteiger partial charge in [0.15, 0.2) is 0 Å². The number of anilines is 2. The molecule has 5 N–H and O–H groups in total. The standard InChI is InChI=1S/C52H65ClN10O6S2/c1-30(2)46(42-19-31(3)60-69-42)51(67)63-27-37(64)21-40(63)49(65)57-22-35-10-9-34(48-32(4)58-29-70-48)20-41(35)68-38-13-11-33(12-14-38)50(66)62-25-36(26-62)59-39-7-6-8-43(47(39)53)71-45-24-55-44(23-56-45)61-17-15-52(5,28-54)16-18-61/h6-10,19-20,23-24,29-30,33,36-38,40,46,59,64H,11-18,21-22,25-28,54H2,1-5H3,(H,57,65)/t33?,37-,38?,40+,46+/m1/s1. The second-order valence-corrected chi connectivity index (χ2v) is 22.7. The lowest BCUT2D eigenvalue weighted by Gasteiger charge is -2.43. The Labute approximate surface area is 428 Å². The Bertz CT molecular complexity index is 2680. The van der Waals surface area contributed by atoms with Crippen molar-refractivity contribution in [2.75, 3.05) is 49.5 Å². The summed E-state index contributed by atoms with van der Waals surface area (Å²) in [5.74, 6) is 0.654. The van der Waals surface area contributed by atoms with E-state index < -0.39 is 18.1 Å². The average molecular weight is 1030 g/mol. The number of β-amino-alcohol motifs (C(OH)–C–C–N with tert-alkyl or cyclic N) is 1. The molecule has 0 spiro atoms. The molecule has 1 saturated carbocycles. The van der Waals surface area contributed by atoms with Crippen molar-refractivity contribution in [1.82, 2.24) is 35.2 Å². The number of aliphatic hydroxyl groups is 1. The molecule has 3 saturated heterocycles. The number of carbonyl (C=O) groups is 3. The van der Waals surface area contributed by atoms with Crippen molar-refractivity contribution in [1.29, 1.82) is 0 Å². The fraction of sp³-hybridized carbons (Fsp3) is 0.519. The Morgan fingerprint density at radius 1 is 1.03 bits per heavy atom. The van der Waals surface area contributed by atoms with Gasteiger partial charge in [-0.05, 0) is 94.0 Å². The van der Waals surface area contributed by atoms with E-state index in [0.717, 1.165) is 69.1 Å². The zero-order valence-electron chi connectivity index (χ0n) is 41.1. The third-order valence-electron chi connectivity index (χ3n) is 14.7. The molecule has 3 atom stereocenters. The topological polar surface area (TPSA) is 205 Å². The first kappa shape index (κ1) is 50.7. The first-order valence-corrected chi connectivity index (χ1v) is 26.9. The number of aliphatic hydroxyl groups excluding tert-OH is 1. The number of aryl methyl sites for hydroxylation is 2. The molecular weight excluding hydrogens is 960 g/mol. The van der Waals surface area contributed by atoms with E-state index in [9.17, 15) is 19.5 Å². The van der Waals surface area contributed by atoms with Gasteiger partial charge in [0.2, 0.25) is 17.7 Å². The van der Waals surface area contributed by atoms with Gasteiger partial charge in [-0.3, -0.25) is 14.4 Å². The molecule has 2 aromatic carbocycles. The quantitative estimate of drug-likeness (QED) is 0.0743. The van der Waals surface area contributed by atoms with Gasteiger partial charge in [0.1, 0.15) is 34.3 Å². The summed E-state index contributed by atoms with van der Waals surface area (Å²) >= 11 is 9.98. The van der Waals surface area contributed by atoms with Gasteiger partial charge < -0.3 is 45.4 Å². The summed E-state index contributed by atoms with van der Waals surface area (Å²) in [6.45, 7) is 13.8. The molecule has 3 amide bonds. The minimum atomic E-state index is -0.852. The highest BCUT2D eigenvalue weighted by Crippen LogP contribution is 2.40. The molecular formula is C52H65ClN10O6S2. The summed E-state index contributed by atoms with van der Waals surface area (Å²) in [6, 6.07) is 12.9. The smallest absolute Gasteiger partial charge is 0.243 e. The zero-order chi connectivity index (χ0) is 50.0. The number of aromatic nitrogens is 4. The molecule has 4 fully saturated rings. The fourth-order valence-corrected chi connectivity index (χ4v) is 12.1. The molecule has 378 valence electrons. The van der Waals surface area contributed by atoms with Gasteiger partial charge in [-0.1, -0.05) is 67.5 Å². The highest BCUT2D eigenvalue weighted by molar-refractivity contribution is 7.99. The van der Waals surface area contributed by atoms with Gasteiger partial charge in [0.05, 0.1) is 63.1 Å². The van der Waals surface area contributed by atoms with E-state index in [0.29, 0.717) is 67.5 Å². The molecule has 5 aromatic rings. The van der Waals surface area contributed by atoms with Gasteiger partial charge in [-0.2, -0.15) is 0 Å². The molecule has 4 aliphatic rings. The van der Waals surface area contributed by atoms with Crippen molar-refractivity contribution in [2.45, 2.75) is 126 Å². The van der Waals surface area contributed by atoms with Crippen LogP contribution in [-0.2, 0) is 20.9 Å². The molecule has 9 rings (SSSR count). The van der Waals surface area contributed by atoms with Gasteiger partial charge in [0, 0.05) is 68.1 Å². The highest BCUT2D eigenvalue weighted by Gasteiger charge is 2.43. The number of rotatable bonds is 16. The molecule has 16 nitrogen and oxygen atoms in total. The second-order valence-electron chi connectivity index (χ2n) is 20.4. The number of carbonyl (C=O) groups excluding carboxylic acids is 3. The normalized spacial score (nSPS) is 21.8. The number of likely N-dealkylation sites (tertiary alicyclic amines) is 2. The third kappa shape index (κ3) is 11.5. The zero-order valence-corrected chi connectivity index (χ0v) is 43.5. The maximum absolute atomic E-state index is 14.0. The van der Waals surface area contributed by atoms with Gasteiger partial charge in [-0.15, -0.1) is 11.3 Å². The lowest BCUT2D eigenvalue weighted by atomic mass is 9.80. The SMILES string of the molecule is Cc1cc([C@@H](C(=O)N2C[C@H](O)C[C@H]2C(=O)NCc2ccc(-c3scnc3C)cc2OC2CCC(C(=O)N3CC(Nc4cccc(Sc5cnc(N6CCC(C)(CN)CC6)cn5)c4Cl)C3)CC2)C(C)C)on1. The highest BCUT2D eigenvalue weighted by atomic mass is 35.5. The number of hydrogen-bond donors (Lipinski definition) is 4. The van der Waals surface area contributed by atoms with Crippen molar-refractivity contribution in [3.05, 3.63) is 88.1 Å². The summed E-state index contributed by atoms with van der Waals surface area (Å²) in [5.41, 5.74) is 12.2. The first-order valence-electron chi connectivity index (χ1n) is 24.8. The van der Waals surface area contributed by atoms with Crippen molar-refractivity contribution >= 4 is 63.9 Å². The van der Waals surface area contributed by atoms with Gasteiger partial charge >= 0.3 is 0 Å². The molecule has 0 unspecified atom stereocenters. The Morgan fingerprint density at radius 3 is 2.46 bits per heavy atom. The number of halogens is 1. The van der Waals surface area contributed by atoms with Crippen LogP contribution >= 0.6 is 34.7 Å². The molecule has 0 radical (unpaired) electrons. The van der Waals surface area contributed by atoms with E-state index >= 15 is 0 Å². The number of benzene rings is 2. The number of amides is 3. The van der Waals surface area contributed by atoms with E-state index in [1.165, 1.54) is 16.7 Å². The molecule has 6 heterocycles. The predicted molar refractivity (Wildman–Crippen MR) is 276 cm³/mol. The lowest BCUT2D eigenvalue weighted by molar-refractivity contribution is -0.141. The van der Waals surface area contributed by atoms with Crippen molar-refractivity contribution in [3.8, 4) is 16.2 Å². The van der Waals surface area contributed by atoms with Crippen LogP contribution in [0.2, 0.25) is 5.02 Å². The molecule has 3 aliphatic heterocycles. The van der Waals surface area contributed by atoms with E-state index in [-0.39, 0.29) is 66.6 Å². The first-order chi connectivity index (χ1) is 34.1. The molecule has 1 aliphatic carbocycles. The van der Waals surface area contributed by atoms with Gasteiger partial charge in [-0.25, -0.2) is 15.0 Å². The number of thiazole rings is 1. The summed E-state index contributed by atoms with van der Waals surface area (Å²) in [4.78, 5) is 63.2. The third-order valence-corrected chi connectivity index (χ3v) is 17.2. The Hall–Kier alpha value is -5.27. The summed E-state index contributed by atoms with van der Waals surface area (Å²) in [5, 5.41) is 22.7. The van der Waals surface area contributed by atoms with E-state index in [1.807, 2.05) is 73.8 Å².